The summed E-state index contributed by atoms with van der Waals surface area (Å²) in [6, 6.07) is 0. The van der Waals surface area contributed by atoms with Crippen LogP contribution in [0.25, 0.3) is 0 Å². The molecule has 0 amide bonds. The Morgan fingerprint density at radius 2 is 2.00 bits per heavy atom. The van der Waals surface area contributed by atoms with Crippen molar-refractivity contribution in [2.45, 2.75) is 46.8 Å². The van der Waals surface area contributed by atoms with Crippen molar-refractivity contribution in [3.63, 3.8) is 0 Å². The molecule has 1 saturated heterocycles. The fourth-order valence-corrected chi connectivity index (χ4v) is 2.96. The standard InChI is InChI=1S/C15H28N4O/c1-10-5-6-18(7-11(10)2)8-14(20)9-19-13(4)15(16)12(3)17-19/h10-11,14,20H,5-9,16H2,1-4H3. The summed E-state index contributed by atoms with van der Waals surface area (Å²) in [5.74, 6) is 1.50. The van der Waals surface area contributed by atoms with Gasteiger partial charge in [-0.2, -0.15) is 5.10 Å². The number of piperidine rings is 1. The summed E-state index contributed by atoms with van der Waals surface area (Å²) in [5, 5.41) is 14.7. The fourth-order valence-electron chi connectivity index (χ4n) is 2.96. The summed E-state index contributed by atoms with van der Waals surface area (Å²) in [4.78, 5) is 2.37. The van der Waals surface area contributed by atoms with Crippen LogP contribution in [0.1, 0.15) is 31.7 Å². The molecule has 1 aliphatic heterocycles. The third-order valence-corrected chi connectivity index (χ3v) is 4.71. The van der Waals surface area contributed by atoms with Crippen LogP contribution in [0.5, 0.6) is 0 Å². The van der Waals surface area contributed by atoms with Crippen molar-refractivity contribution in [1.82, 2.24) is 14.7 Å². The molecule has 0 spiro atoms. The molecule has 114 valence electrons. The Morgan fingerprint density at radius 3 is 2.55 bits per heavy atom. The normalized spacial score (nSPS) is 25.9. The molecule has 1 fully saturated rings. The van der Waals surface area contributed by atoms with Gasteiger partial charge in [0, 0.05) is 13.1 Å². The first-order valence-electron chi connectivity index (χ1n) is 7.58. The van der Waals surface area contributed by atoms with E-state index >= 15 is 0 Å². The molecule has 3 atom stereocenters. The molecular formula is C15H28N4O. The molecule has 2 rings (SSSR count). The third kappa shape index (κ3) is 3.33. The summed E-state index contributed by atoms with van der Waals surface area (Å²) in [6.07, 6.45) is 0.828. The number of likely N-dealkylation sites (tertiary alicyclic amines) is 1. The maximum Gasteiger partial charge on any atom is 0.0862 e. The molecule has 20 heavy (non-hydrogen) atoms. The van der Waals surface area contributed by atoms with Gasteiger partial charge in [-0.25, -0.2) is 0 Å². The van der Waals surface area contributed by atoms with E-state index < -0.39 is 6.10 Å². The first kappa shape index (κ1) is 15.3. The van der Waals surface area contributed by atoms with Gasteiger partial charge in [0.05, 0.1) is 29.7 Å². The van der Waals surface area contributed by atoms with Crippen LogP contribution < -0.4 is 5.73 Å². The zero-order chi connectivity index (χ0) is 14.9. The van der Waals surface area contributed by atoms with Crippen LogP contribution in [0.2, 0.25) is 0 Å². The van der Waals surface area contributed by atoms with E-state index in [1.54, 1.807) is 0 Å². The number of aliphatic hydroxyl groups is 1. The predicted octanol–water partition coefficient (Wildman–Crippen LogP) is 1.42. The van der Waals surface area contributed by atoms with E-state index in [1.807, 2.05) is 18.5 Å². The number of β-amino-alcohol motifs (C(OH)–C–C–N with tert-alkyl or cyclic N) is 1. The highest BCUT2D eigenvalue weighted by atomic mass is 16.3. The molecule has 3 unspecified atom stereocenters. The number of aliphatic hydroxyl groups excluding tert-OH is 1. The second kappa shape index (κ2) is 6.14. The molecule has 1 aromatic rings. The van der Waals surface area contributed by atoms with Crippen molar-refractivity contribution in [2.24, 2.45) is 11.8 Å². The van der Waals surface area contributed by atoms with E-state index in [0.717, 1.165) is 42.6 Å². The molecule has 3 N–H and O–H groups in total. The van der Waals surface area contributed by atoms with Crippen LogP contribution in [-0.2, 0) is 6.54 Å². The minimum absolute atomic E-state index is 0.395. The van der Waals surface area contributed by atoms with Gasteiger partial charge in [-0.05, 0) is 38.6 Å². The first-order valence-corrected chi connectivity index (χ1v) is 7.58. The summed E-state index contributed by atoms with van der Waals surface area (Å²) in [5.41, 5.74) is 8.44. The van der Waals surface area contributed by atoms with Crippen LogP contribution in [0.3, 0.4) is 0 Å². The van der Waals surface area contributed by atoms with E-state index in [1.165, 1.54) is 6.42 Å². The molecule has 5 heteroatoms. The van der Waals surface area contributed by atoms with E-state index in [4.69, 9.17) is 5.73 Å². The second-order valence-electron chi connectivity index (χ2n) is 6.42. The molecule has 0 bridgehead atoms. The van der Waals surface area contributed by atoms with Gasteiger partial charge in [0.25, 0.3) is 0 Å². The van der Waals surface area contributed by atoms with Crippen molar-refractivity contribution in [2.75, 3.05) is 25.4 Å². The first-order chi connectivity index (χ1) is 9.38. The summed E-state index contributed by atoms with van der Waals surface area (Å²) >= 11 is 0. The van der Waals surface area contributed by atoms with Crippen LogP contribution in [-0.4, -0.2) is 45.5 Å². The maximum absolute atomic E-state index is 10.3. The Balaban J connectivity index is 1.89. The summed E-state index contributed by atoms with van der Waals surface area (Å²) in [7, 11) is 0. The Morgan fingerprint density at radius 1 is 1.30 bits per heavy atom. The molecule has 0 aromatic carbocycles. The highest BCUT2D eigenvalue weighted by Gasteiger charge is 2.24. The third-order valence-electron chi connectivity index (χ3n) is 4.71. The van der Waals surface area contributed by atoms with E-state index in [2.05, 4.69) is 23.8 Å². The number of hydrogen-bond donors (Lipinski definition) is 2. The number of nitrogens with two attached hydrogens (primary N) is 1. The van der Waals surface area contributed by atoms with Crippen molar-refractivity contribution in [3.8, 4) is 0 Å². The molecular weight excluding hydrogens is 252 g/mol. The number of rotatable bonds is 4. The van der Waals surface area contributed by atoms with E-state index in [9.17, 15) is 5.11 Å². The van der Waals surface area contributed by atoms with Gasteiger partial charge in [0.2, 0.25) is 0 Å². The molecule has 0 aliphatic carbocycles. The lowest BCUT2D eigenvalue weighted by molar-refractivity contribution is 0.0599. The molecule has 1 aliphatic rings. The van der Waals surface area contributed by atoms with Crippen LogP contribution in [0.15, 0.2) is 0 Å². The van der Waals surface area contributed by atoms with E-state index in [0.29, 0.717) is 12.5 Å². The van der Waals surface area contributed by atoms with Gasteiger partial charge in [0.15, 0.2) is 0 Å². The lowest BCUT2D eigenvalue weighted by atomic mass is 9.88. The van der Waals surface area contributed by atoms with Crippen molar-refractivity contribution >= 4 is 5.69 Å². The van der Waals surface area contributed by atoms with Gasteiger partial charge in [-0.3, -0.25) is 4.68 Å². The zero-order valence-electron chi connectivity index (χ0n) is 13.1. The molecule has 5 nitrogen and oxygen atoms in total. The highest BCUT2D eigenvalue weighted by Crippen LogP contribution is 2.22. The van der Waals surface area contributed by atoms with Crippen LogP contribution in [0, 0.1) is 25.7 Å². The SMILES string of the molecule is Cc1nn(CC(O)CN2CCC(C)C(C)C2)c(C)c1N. The molecule has 0 saturated carbocycles. The average Bonchev–Trinajstić information content (AvgIpc) is 2.61. The lowest BCUT2D eigenvalue weighted by Crippen LogP contribution is -2.43. The van der Waals surface area contributed by atoms with Gasteiger partial charge >= 0.3 is 0 Å². The zero-order valence-corrected chi connectivity index (χ0v) is 13.1. The predicted molar refractivity (Wildman–Crippen MR) is 81.5 cm³/mol. The Bertz CT molecular complexity index is 457. The largest absolute Gasteiger partial charge is 0.396 e. The number of aromatic nitrogens is 2. The second-order valence-corrected chi connectivity index (χ2v) is 6.42. The number of anilines is 1. The van der Waals surface area contributed by atoms with Crippen LogP contribution in [0.4, 0.5) is 5.69 Å². The summed E-state index contributed by atoms with van der Waals surface area (Å²) < 4.78 is 1.82. The van der Waals surface area contributed by atoms with Crippen molar-refractivity contribution in [3.05, 3.63) is 11.4 Å². The van der Waals surface area contributed by atoms with E-state index in [-0.39, 0.29) is 0 Å². The number of nitrogens with zero attached hydrogens (tertiary/aromatic N) is 3. The fraction of sp³-hybridized carbons (Fsp3) is 0.800. The Kier molecular flexibility index (Phi) is 4.70. The average molecular weight is 280 g/mol. The number of aryl methyl sites for hydroxylation is 1. The van der Waals surface area contributed by atoms with Gasteiger partial charge in [-0.1, -0.05) is 13.8 Å². The summed E-state index contributed by atoms with van der Waals surface area (Å²) in [6.45, 7) is 11.9. The van der Waals surface area contributed by atoms with Gasteiger partial charge < -0.3 is 15.7 Å². The molecule has 2 heterocycles. The smallest absolute Gasteiger partial charge is 0.0862 e. The minimum Gasteiger partial charge on any atom is -0.396 e. The lowest BCUT2D eigenvalue weighted by Gasteiger charge is -2.36. The quantitative estimate of drug-likeness (QED) is 0.875. The minimum atomic E-state index is -0.395. The molecule has 1 aromatic heterocycles. The topological polar surface area (TPSA) is 67.3 Å². The monoisotopic (exact) mass is 280 g/mol. The Labute approximate surface area is 121 Å². The van der Waals surface area contributed by atoms with Gasteiger partial charge in [0.1, 0.15) is 0 Å². The Hall–Kier alpha value is -1.07. The maximum atomic E-state index is 10.3. The van der Waals surface area contributed by atoms with Crippen molar-refractivity contribution < 1.29 is 5.11 Å². The van der Waals surface area contributed by atoms with Gasteiger partial charge in [-0.15, -0.1) is 0 Å². The van der Waals surface area contributed by atoms with Crippen LogP contribution >= 0.6 is 0 Å². The number of hydrogen-bond acceptors (Lipinski definition) is 4. The highest BCUT2D eigenvalue weighted by molar-refractivity contribution is 5.46. The molecule has 0 radical (unpaired) electrons. The number of nitrogen functional groups attached to an aromatic ring is 1. The van der Waals surface area contributed by atoms with Crippen molar-refractivity contribution in [1.29, 1.82) is 0 Å².